The standard InChI is InChI=1S/C20H25F3N4O2/c1-13-11-17(24-27(13)14-5-6-16(21)15(12-14)18(22)23)25-7-9-26(10-8-25)19(28)29-20(2,3)4/h5-6,11-12,18H,7-10H2,1-4H3. The summed E-state index contributed by atoms with van der Waals surface area (Å²) < 4.78 is 46.5. The summed E-state index contributed by atoms with van der Waals surface area (Å²) in [6.07, 6.45) is -3.24. The summed E-state index contributed by atoms with van der Waals surface area (Å²) in [4.78, 5) is 15.9. The molecule has 29 heavy (non-hydrogen) atoms. The van der Waals surface area contributed by atoms with Crippen LogP contribution in [0.25, 0.3) is 5.69 Å². The van der Waals surface area contributed by atoms with E-state index in [4.69, 9.17) is 4.74 Å². The molecule has 1 fully saturated rings. The van der Waals surface area contributed by atoms with Crippen LogP contribution in [0.15, 0.2) is 24.3 Å². The maximum atomic E-state index is 13.6. The lowest BCUT2D eigenvalue weighted by molar-refractivity contribution is 0.0240. The van der Waals surface area contributed by atoms with Crippen LogP contribution in [0, 0.1) is 12.7 Å². The number of alkyl halides is 2. The molecular formula is C20H25F3N4O2. The molecule has 2 aromatic rings. The normalized spacial score (nSPS) is 15.2. The molecule has 1 aromatic carbocycles. The first-order valence-electron chi connectivity index (χ1n) is 9.42. The van der Waals surface area contributed by atoms with Crippen LogP contribution in [0.2, 0.25) is 0 Å². The molecule has 1 aliphatic heterocycles. The number of hydrogen-bond donors (Lipinski definition) is 0. The Morgan fingerprint density at radius 1 is 1.14 bits per heavy atom. The smallest absolute Gasteiger partial charge is 0.410 e. The molecule has 1 aromatic heterocycles. The quantitative estimate of drug-likeness (QED) is 0.757. The van der Waals surface area contributed by atoms with E-state index in [2.05, 4.69) is 5.10 Å². The van der Waals surface area contributed by atoms with Crippen LogP contribution in [0.3, 0.4) is 0 Å². The lowest BCUT2D eigenvalue weighted by Crippen LogP contribution is -2.50. The number of aromatic nitrogens is 2. The average molecular weight is 410 g/mol. The Balaban J connectivity index is 1.72. The summed E-state index contributed by atoms with van der Waals surface area (Å²) in [5, 5.41) is 4.50. The Morgan fingerprint density at radius 2 is 1.79 bits per heavy atom. The molecule has 0 unspecified atom stereocenters. The highest BCUT2D eigenvalue weighted by atomic mass is 19.3. The molecule has 6 nitrogen and oxygen atoms in total. The SMILES string of the molecule is Cc1cc(N2CCN(C(=O)OC(C)(C)C)CC2)nn1-c1ccc(F)c(C(F)F)c1. The van der Waals surface area contributed by atoms with Gasteiger partial charge in [0, 0.05) is 37.9 Å². The van der Waals surface area contributed by atoms with E-state index in [-0.39, 0.29) is 6.09 Å². The summed E-state index contributed by atoms with van der Waals surface area (Å²) in [6.45, 7) is 9.41. The summed E-state index contributed by atoms with van der Waals surface area (Å²) in [5.41, 5.74) is -0.0831. The largest absolute Gasteiger partial charge is 0.444 e. The van der Waals surface area contributed by atoms with Gasteiger partial charge in [0.05, 0.1) is 11.3 Å². The van der Waals surface area contributed by atoms with E-state index in [1.54, 1.807) is 11.8 Å². The second kappa shape index (κ2) is 7.96. The van der Waals surface area contributed by atoms with Crippen LogP contribution in [-0.2, 0) is 4.74 Å². The van der Waals surface area contributed by atoms with Crippen molar-refractivity contribution >= 4 is 11.9 Å². The summed E-state index contributed by atoms with van der Waals surface area (Å²) in [6, 6.07) is 5.40. The lowest BCUT2D eigenvalue weighted by atomic mass is 10.2. The number of anilines is 1. The number of amides is 1. The van der Waals surface area contributed by atoms with E-state index in [1.807, 2.05) is 31.7 Å². The molecule has 9 heteroatoms. The zero-order valence-corrected chi connectivity index (χ0v) is 17.0. The Morgan fingerprint density at radius 3 is 2.38 bits per heavy atom. The predicted octanol–water partition coefficient (Wildman–Crippen LogP) is 4.31. The molecule has 0 radical (unpaired) electrons. The second-order valence-corrected chi connectivity index (χ2v) is 8.02. The van der Waals surface area contributed by atoms with Crippen LogP contribution in [0.4, 0.5) is 23.8 Å². The summed E-state index contributed by atoms with van der Waals surface area (Å²) >= 11 is 0. The van der Waals surface area contributed by atoms with Crippen LogP contribution in [0.1, 0.15) is 38.5 Å². The molecule has 0 N–H and O–H groups in total. The predicted molar refractivity (Wildman–Crippen MR) is 103 cm³/mol. The van der Waals surface area contributed by atoms with Crippen molar-refractivity contribution in [1.82, 2.24) is 14.7 Å². The number of piperazine rings is 1. The van der Waals surface area contributed by atoms with Gasteiger partial charge in [-0.3, -0.25) is 0 Å². The maximum absolute atomic E-state index is 13.6. The first kappa shape index (κ1) is 21.0. The molecule has 3 rings (SSSR count). The number of aryl methyl sites for hydroxylation is 1. The number of carbonyl (C=O) groups excluding carboxylic acids is 1. The van der Waals surface area contributed by atoms with Crippen LogP contribution >= 0.6 is 0 Å². The fraction of sp³-hybridized carbons (Fsp3) is 0.500. The number of nitrogens with zero attached hydrogens (tertiary/aromatic N) is 4. The number of halogens is 3. The van der Waals surface area contributed by atoms with Crippen molar-refractivity contribution < 1.29 is 22.7 Å². The molecule has 1 amide bonds. The van der Waals surface area contributed by atoms with Gasteiger partial charge in [0.2, 0.25) is 0 Å². The Labute approximate surface area is 167 Å². The van der Waals surface area contributed by atoms with Gasteiger partial charge < -0.3 is 14.5 Å². The van der Waals surface area contributed by atoms with Gasteiger partial charge in [-0.1, -0.05) is 0 Å². The van der Waals surface area contributed by atoms with Gasteiger partial charge in [-0.15, -0.1) is 0 Å². The molecule has 1 aliphatic rings. The number of benzene rings is 1. The summed E-state index contributed by atoms with van der Waals surface area (Å²) in [5.74, 6) is -0.263. The zero-order valence-electron chi connectivity index (χ0n) is 17.0. The van der Waals surface area contributed by atoms with Crippen molar-refractivity contribution in [1.29, 1.82) is 0 Å². The molecule has 0 spiro atoms. The lowest BCUT2D eigenvalue weighted by Gasteiger charge is -2.35. The maximum Gasteiger partial charge on any atom is 0.410 e. The minimum atomic E-state index is -2.90. The van der Waals surface area contributed by atoms with Gasteiger partial charge in [0.25, 0.3) is 6.43 Å². The third-order valence-electron chi connectivity index (χ3n) is 4.59. The number of ether oxygens (including phenoxy) is 1. The van der Waals surface area contributed by atoms with Crippen LogP contribution in [0.5, 0.6) is 0 Å². The number of rotatable bonds is 3. The third kappa shape index (κ3) is 4.83. The van der Waals surface area contributed by atoms with Crippen molar-refractivity contribution in [3.8, 4) is 5.69 Å². The molecule has 2 heterocycles. The molecule has 158 valence electrons. The van der Waals surface area contributed by atoms with Gasteiger partial charge in [-0.05, 0) is 45.9 Å². The Bertz CT molecular complexity index is 884. The van der Waals surface area contributed by atoms with Crippen molar-refractivity contribution in [2.24, 2.45) is 0 Å². The van der Waals surface area contributed by atoms with Crippen molar-refractivity contribution in [3.63, 3.8) is 0 Å². The third-order valence-corrected chi connectivity index (χ3v) is 4.59. The fourth-order valence-electron chi connectivity index (χ4n) is 3.15. The minimum Gasteiger partial charge on any atom is -0.444 e. The molecule has 0 bridgehead atoms. The van der Waals surface area contributed by atoms with Crippen LogP contribution < -0.4 is 4.90 Å². The fourth-order valence-corrected chi connectivity index (χ4v) is 3.15. The molecule has 0 aliphatic carbocycles. The van der Waals surface area contributed by atoms with E-state index >= 15 is 0 Å². The summed E-state index contributed by atoms with van der Waals surface area (Å²) in [7, 11) is 0. The molecular weight excluding hydrogens is 385 g/mol. The van der Waals surface area contributed by atoms with E-state index in [1.165, 1.54) is 10.7 Å². The van der Waals surface area contributed by atoms with Crippen molar-refractivity contribution in [3.05, 3.63) is 41.3 Å². The highest BCUT2D eigenvalue weighted by Crippen LogP contribution is 2.26. The molecule has 1 saturated heterocycles. The average Bonchev–Trinajstić information content (AvgIpc) is 3.02. The topological polar surface area (TPSA) is 50.6 Å². The van der Waals surface area contributed by atoms with Gasteiger partial charge in [-0.25, -0.2) is 22.6 Å². The first-order chi connectivity index (χ1) is 13.5. The monoisotopic (exact) mass is 410 g/mol. The van der Waals surface area contributed by atoms with E-state index < -0.39 is 23.4 Å². The van der Waals surface area contributed by atoms with Gasteiger partial charge in [-0.2, -0.15) is 5.10 Å². The van der Waals surface area contributed by atoms with Gasteiger partial charge in [0.1, 0.15) is 11.4 Å². The molecule has 0 saturated carbocycles. The van der Waals surface area contributed by atoms with E-state index in [0.29, 0.717) is 37.7 Å². The number of carbonyl (C=O) groups is 1. The Kier molecular flexibility index (Phi) is 5.77. The van der Waals surface area contributed by atoms with E-state index in [9.17, 15) is 18.0 Å². The Hall–Kier alpha value is -2.71. The van der Waals surface area contributed by atoms with Crippen molar-refractivity contribution in [2.75, 3.05) is 31.1 Å². The van der Waals surface area contributed by atoms with Crippen molar-refractivity contribution in [2.45, 2.75) is 39.7 Å². The highest BCUT2D eigenvalue weighted by molar-refractivity contribution is 5.68. The minimum absolute atomic E-state index is 0.343. The van der Waals surface area contributed by atoms with Crippen LogP contribution in [-0.4, -0.2) is 52.6 Å². The molecule has 0 atom stereocenters. The highest BCUT2D eigenvalue weighted by Gasteiger charge is 2.27. The van der Waals surface area contributed by atoms with Gasteiger partial charge in [0.15, 0.2) is 5.82 Å². The zero-order chi connectivity index (χ0) is 21.3. The second-order valence-electron chi connectivity index (χ2n) is 8.02. The van der Waals surface area contributed by atoms with Gasteiger partial charge >= 0.3 is 6.09 Å². The first-order valence-corrected chi connectivity index (χ1v) is 9.42. The number of hydrogen-bond acceptors (Lipinski definition) is 4. The van der Waals surface area contributed by atoms with E-state index in [0.717, 1.165) is 17.8 Å².